The Hall–Kier alpha value is -2.36. The van der Waals surface area contributed by atoms with Crippen molar-refractivity contribution in [1.29, 1.82) is 0 Å². The van der Waals surface area contributed by atoms with E-state index in [-0.39, 0.29) is 0 Å². The van der Waals surface area contributed by atoms with Crippen molar-refractivity contribution in [3.8, 4) is 0 Å². The molecule has 0 aliphatic carbocycles. The van der Waals surface area contributed by atoms with Crippen molar-refractivity contribution >= 4 is 22.4 Å². The lowest BCUT2D eigenvalue weighted by molar-refractivity contribution is 0.918. The Labute approximate surface area is 112 Å². The third kappa shape index (κ3) is 2.05. The van der Waals surface area contributed by atoms with Crippen LogP contribution in [0.15, 0.2) is 36.5 Å². The Morgan fingerprint density at radius 1 is 1.16 bits per heavy atom. The van der Waals surface area contributed by atoms with Gasteiger partial charge in [-0.05, 0) is 38.1 Å². The molecule has 0 saturated heterocycles. The summed E-state index contributed by atoms with van der Waals surface area (Å²) in [7, 11) is 2.08. The van der Waals surface area contributed by atoms with Crippen LogP contribution in [0.4, 0.5) is 11.5 Å². The van der Waals surface area contributed by atoms with Crippen LogP contribution in [0.2, 0.25) is 0 Å². The number of anilines is 2. The molecule has 0 saturated carbocycles. The highest BCUT2D eigenvalue weighted by Gasteiger charge is 2.07. The number of nitrogens with one attached hydrogen (secondary N) is 1. The molecule has 4 nitrogen and oxygen atoms in total. The van der Waals surface area contributed by atoms with E-state index in [1.807, 2.05) is 13.0 Å². The van der Waals surface area contributed by atoms with Crippen LogP contribution in [0.3, 0.4) is 0 Å². The van der Waals surface area contributed by atoms with Crippen LogP contribution in [-0.2, 0) is 7.05 Å². The smallest absolute Gasteiger partial charge is 0.134 e. The molecule has 0 aliphatic heterocycles. The minimum atomic E-state index is 0.765. The van der Waals surface area contributed by atoms with Crippen LogP contribution in [0, 0.1) is 13.8 Å². The molecule has 1 N–H and O–H groups in total. The van der Waals surface area contributed by atoms with Crippen molar-refractivity contribution in [1.82, 2.24) is 14.5 Å². The molecule has 0 atom stereocenters. The Morgan fingerprint density at radius 3 is 2.79 bits per heavy atom. The molecule has 2 aromatic heterocycles. The van der Waals surface area contributed by atoms with E-state index in [0.29, 0.717) is 0 Å². The maximum Gasteiger partial charge on any atom is 0.134 e. The van der Waals surface area contributed by atoms with Crippen molar-refractivity contribution < 1.29 is 0 Å². The van der Waals surface area contributed by atoms with Gasteiger partial charge >= 0.3 is 0 Å². The number of fused-ring (bicyclic) bond motifs is 1. The predicted octanol–water partition coefficient (Wildman–Crippen LogP) is 3.33. The summed E-state index contributed by atoms with van der Waals surface area (Å²) in [6.07, 6.45) is 1.76. The van der Waals surface area contributed by atoms with Gasteiger partial charge < -0.3 is 9.88 Å². The number of aryl methyl sites for hydroxylation is 3. The van der Waals surface area contributed by atoms with E-state index in [1.54, 1.807) is 6.20 Å². The van der Waals surface area contributed by atoms with Crippen LogP contribution in [0.25, 0.3) is 10.9 Å². The summed E-state index contributed by atoms with van der Waals surface area (Å²) >= 11 is 0. The first-order chi connectivity index (χ1) is 9.15. The van der Waals surface area contributed by atoms with Gasteiger partial charge in [-0.3, -0.25) is 0 Å². The second kappa shape index (κ2) is 4.39. The molecule has 0 spiro atoms. The van der Waals surface area contributed by atoms with Crippen molar-refractivity contribution in [2.75, 3.05) is 5.32 Å². The highest BCUT2D eigenvalue weighted by molar-refractivity contribution is 5.94. The topological polar surface area (TPSA) is 42.7 Å². The summed E-state index contributed by atoms with van der Waals surface area (Å²) in [6, 6.07) is 10.3. The molecule has 4 heteroatoms. The summed E-state index contributed by atoms with van der Waals surface area (Å²) in [5.41, 5.74) is 3.52. The standard InChI is InChI=1S/C15H16N4/c1-10-9-12-13(5-4-6-14(12)19(10)3)18-15-7-8-16-11(2)17-15/h4-9H,1-3H3,(H,16,17,18). The molecule has 0 unspecified atom stereocenters. The summed E-state index contributed by atoms with van der Waals surface area (Å²) < 4.78 is 2.19. The zero-order valence-corrected chi connectivity index (χ0v) is 11.3. The fraction of sp³-hybridized carbons (Fsp3) is 0.200. The summed E-state index contributed by atoms with van der Waals surface area (Å²) in [6.45, 7) is 4.00. The lowest BCUT2D eigenvalue weighted by Gasteiger charge is -2.07. The zero-order chi connectivity index (χ0) is 13.4. The first-order valence-corrected chi connectivity index (χ1v) is 6.27. The number of rotatable bonds is 2. The first kappa shape index (κ1) is 11.7. The molecular formula is C15H16N4. The number of nitrogens with zero attached hydrogens (tertiary/aromatic N) is 3. The Morgan fingerprint density at radius 2 is 2.00 bits per heavy atom. The molecule has 2 heterocycles. The summed E-state index contributed by atoms with van der Waals surface area (Å²) in [5, 5.41) is 4.57. The van der Waals surface area contributed by atoms with Gasteiger partial charge in [0.05, 0.1) is 5.52 Å². The van der Waals surface area contributed by atoms with Gasteiger partial charge in [-0.15, -0.1) is 0 Å². The minimum Gasteiger partial charge on any atom is -0.348 e. The van der Waals surface area contributed by atoms with Crippen LogP contribution < -0.4 is 5.32 Å². The van der Waals surface area contributed by atoms with Crippen molar-refractivity contribution in [3.05, 3.63) is 48.0 Å². The largest absolute Gasteiger partial charge is 0.348 e. The number of benzene rings is 1. The number of aromatic nitrogens is 3. The summed E-state index contributed by atoms with van der Waals surface area (Å²) in [4.78, 5) is 8.48. The molecule has 3 rings (SSSR count). The van der Waals surface area contributed by atoms with Gasteiger partial charge in [0.25, 0.3) is 0 Å². The van der Waals surface area contributed by atoms with E-state index in [2.05, 4.69) is 58.1 Å². The molecule has 0 bridgehead atoms. The molecule has 0 amide bonds. The van der Waals surface area contributed by atoms with Crippen molar-refractivity contribution in [2.24, 2.45) is 7.05 Å². The Bertz CT molecular complexity index is 743. The van der Waals surface area contributed by atoms with Crippen molar-refractivity contribution in [2.45, 2.75) is 13.8 Å². The van der Waals surface area contributed by atoms with Crippen LogP contribution in [0.5, 0.6) is 0 Å². The molecule has 3 aromatic rings. The van der Waals surface area contributed by atoms with E-state index in [9.17, 15) is 0 Å². The maximum absolute atomic E-state index is 4.38. The average molecular weight is 252 g/mol. The molecule has 1 aromatic carbocycles. The average Bonchev–Trinajstić information content (AvgIpc) is 2.67. The van der Waals surface area contributed by atoms with Gasteiger partial charge in [0.2, 0.25) is 0 Å². The fourth-order valence-electron chi connectivity index (χ4n) is 2.27. The van der Waals surface area contributed by atoms with E-state index in [4.69, 9.17) is 0 Å². The Kier molecular flexibility index (Phi) is 2.71. The highest BCUT2D eigenvalue weighted by Crippen LogP contribution is 2.27. The Balaban J connectivity index is 2.08. The van der Waals surface area contributed by atoms with Crippen LogP contribution in [-0.4, -0.2) is 14.5 Å². The SMILES string of the molecule is Cc1nccc(Nc2cccc3c2cc(C)n3C)n1. The number of hydrogen-bond acceptors (Lipinski definition) is 3. The molecule has 0 radical (unpaired) electrons. The van der Waals surface area contributed by atoms with Crippen LogP contribution >= 0.6 is 0 Å². The fourth-order valence-corrected chi connectivity index (χ4v) is 2.27. The van der Waals surface area contributed by atoms with Gasteiger partial charge in [0.15, 0.2) is 0 Å². The highest BCUT2D eigenvalue weighted by atomic mass is 15.0. The number of hydrogen-bond donors (Lipinski definition) is 1. The third-order valence-corrected chi connectivity index (χ3v) is 3.37. The predicted molar refractivity (Wildman–Crippen MR) is 77.7 cm³/mol. The van der Waals surface area contributed by atoms with Crippen molar-refractivity contribution in [3.63, 3.8) is 0 Å². The van der Waals surface area contributed by atoms with E-state index >= 15 is 0 Å². The van der Waals surface area contributed by atoms with Gasteiger partial charge in [0, 0.05) is 30.0 Å². The monoisotopic (exact) mass is 252 g/mol. The zero-order valence-electron chi connectivity index (χ0n) is 11.3. The second-order valence-electron chi connectivity index (χ2n) is 4.70. The van der Waals surface area contributed by atoms with E-state index in [0.717, 1.165) is 17.3 Å². The third-order valence-electron chi connectivity index (χ3n) is 3.37. The summed E-state index contributed by atoms with van der Waals surface area (Å²) in [5.74, 6) is 1.59. The van der Waals surface area contributed by atoms with Gasteiger partial charge in [-0.25, -0.2) is 9.97 Å². The molecule has 0 aliphatic rings. The molecule has 0 fully saturated rings. The lowest BCUT2D eigenvalue weighted by atomic mass is 10.2. The quantitative estimate of drug-likeness (QED) is 0.760. The molecule has 19 heavy (non-hydrogen) atoms. The normalized spacial score (nSPS) is 10.9. The van der Waals surface area contributed by atoms with E-state index in [1.165, 1.54) is 16.6 Å². The minimum absolute atomic E-state index is 0.765. The van der Waals surface area contributed by atoms with Crippen LogP contribution in [0.1, 0.15) is 11.5 Å². The van der Waals surface area contributed by atoms with E-state index < -0.39 is 0 Å². The molecule has 96 valence electrons. The van der Waals surface area contributed by atoms with Gasteiger partial charge in [-0.2, -0.15) is 0 Å². The first-order valence-electron chi connectivity index (χ1n) is 6.27. The van der Waals surface area contributed by atoms with Gasteiger partial charge in [0.1, 0.15) is 11.6 Å². The molecular weight excluding hydrogens is 236 g/mol. The van der Waals surface area contributed by atoms with Gasteiger partial charge in [-0.1, -0.05) is 6.07 Å². The lowest BCUT2D eigenvalue weighted by Crippen LogP contribution is -1.96. The second-order valence-corrected chi connectivity index (χ2v) is 4.70. The maximum atomic E-state index is 4.38.